The maximum absolute atomic E-state index is 11.8. The van der Waals surface area contributed by atoms with Gasteiger partial charge in [0.15, 0.2) is 11.5 Å². The van der Waals surface area contributed by atoms with Crippen LogP contribution in [0.5, 0.6) is 11.5 Å². The summed E-state index contributed by atoms with van der Waals surface area (Å²) in [5.41, 5.74) is 4.32. The van der Waals surface area contributed by atoms with E-state index < -0.39 is 0 Å². The normalized spacial score (nSPS) is 10.8. The predicted molar refractivity (Wildman–Crippen MR) is 107 cm³/mol. The number of ether oxygens (including phenoxy) is 3. The first kappa shape index (κ1) is 20.7. The number of hydrazone groups is 1. The molecule has 0 spiro atoms. The van der Waals surface area contributed by atoms with E-state index in [1.165, 1.54) is 11.3 Å². The highest BCUT2D eigenvalue weighted by atomic mass is 32.1. The number of carbonyl (C=O) groups excluding carboxylic acids is 1. The van der Waals surface area contributed by atoms with Gasteiger partial charge in [-0.1, -0.05) is 18.3 Å². The second-order valence-corrected chi connectivity index (χ2v) is 6.51. The van der Waals surface area contributed by atoms with Crippen LogP contribution < -0.4 is 14.9 Å². The van der Waals surface area contributed by atoms with Crippen molar-refractivity contribution < 1.29 is 19.0 Å². The van der Waals surface area contributed by atoms with Gasteiger partial charge in [0.2, 0.25) is 5.13 Å². The van der Waals surface area contributed by atoms with Gasteiger partial charge >= 0.3 is 5.97 Å². The highest BCUT2D eigenvalue weighted by molar-refractivity contribution is 7.17. The number of aryl methyl sites for hydroxylation is 1. The van der Waals surface area contributed by atoms with Gasteiger partial charge in [-0.2, -0.15) is 5.10 Å². The first-order chi connectivity index (χ1) is 13.1. The number of hydrogen-bond acceptors (Lipinski definition) is 8. The Hall–Kier alpha value is -2.61. The van der Waals surface area contributed by atoms with Crippen LogP contribution in [-0.4, -0.2) is 37.0 Å². The SMILES string of the molecule is CCCOc1ccc(/C=N\Nc2nc(C)c(C(=O)OCC)s2)cc1OCC. The van der Waals surface area contributed by atoms with Gasteiger partial charge in [-0.15, -0.1) is 0 Å². The summed E-state index contributed by atoms with van der Waals surface area (Å²) in [7, 11) is 0. The van der Waals surface area contributed by atoms with E-state index >= 15 is 0 Å². The molecule has 0 saturated heterocycles. The molecule has 1 N–H and O–H groups in total. The number of benzene rings is 1. The molecule has 0 radical (unpaired) electrons. The van der Waals surface area contributed by atoms with E-state index in [0.29, 0.717) is 41.3 Å². The van der Waals surface area contributed by atoms with Gasteiger partial charge in [0.25, 0.3) is 0 Å². The quantitative estimate of drug-likeness (QED) is 0.370. The van der Waals surface area contributed by atoms with Crippen molar-refractivity contribution in [1.82, 2.24) is 4.98 Å². The standard InChI is InChI=1S/C19H25N3O4S/c1-5-10-26-15-9-8-14(11-16(15)24-6-2)12-20-22-19-21-13(4)17(27-19)18(23)25-7-3/h8-9,11-12H,5-7,10H2,1-4H3,(H,21,22)/b20-12-. The Morgan fingerprint density at radius 3 is 2.74 bits per heavy atom. The number of carbonyl (C=O) groups is 1. The first-order valence-electron chi connectivity index (χ1n) is 8.92. The van der Waals surface area contributed by atoms with Gasteiger partial charge in [0, 0.05) is 0 Å². The lowest BCUT2D eigenvalue weighted by atomic mass is 10.2. The summed E-state index contributed by atoms with van der Waals surface area (Å²) in [4.78, 5) is 16.6. The Kier molecular flexibility index (Phi) is 8.06. The van der Waals surface area contributed by atoms with Gasteiger partial charge < -0.3 is 14.2 Å². The molecule has 0 unspecified atom stereocenters. The summed E-state index contributed by atoms with van der Waals surface area (Å²) >= 11 is 1.21. The maximum atomic E-state index is 11.8. The smallest absolute Gasteiger partial charge is 0.350 e. The minimum absolute atomic E-state index is 0.331. The van der Waals surface area contributed by atoms with Crippen molar-refractivity contribution in [2.75, 3.05) is 25.2 Å². The Bertz CT molecular complexity index is 789. The largest absolute Gasteiger partial charge is 0.490 e. The zero-order valence-corrected chi connectivity index (χ0v) is 16.9. The van der Waals surface area contributed by atoms with E-state index in [1.807, 2.05) is 25.1 Å². The summed E-state index contributed by atoms with van der Waals surface area (Å²) in [5, 5.41) is 4.72. The Balaban J connectivity index is 2.06. The van der Waals surface area contributed by atoms with Crippen LogP contribution in [0.2, 0.25) is 0 Å². The van der Waals surface area contributed by atoms with Crippen LogP contribution >= 0.6 is 11.3 Å². The van der Waals surface area contributed by atoms with Crippen molar-refractivity contribution in [3.05, 3.63) is 34.3 Å². The van der Waals surface area contributed by atoms with Crippen molar-refractivity contribution in [2.24, 2.45) is 5.10 Å². The lowest BCUT2D eigenvalue weighted by Gasteiger charge is -2.11. The van der Waals surface area contributed by atoms with Crippen LogP contribution in [0.25, 0.3) is 0 Å². The highest BCUT2D eigenvalue weighted by Gasteiger charge is 2.16. The van der Waals surface area contributed by atoms with Crippen LogP contribution in [0.4, 0.5) is 5.13 Å². The van der Waals surface area contributed by atoms with E-state index in [9.17, 15) is 4.79 Å². The summed E-state index contributed by atoms with van der Waals surface area (Å²) in [5.74, 6) is 1.04. The first-order valence-corrected chi connectivity index (χ1v) is 9.73. The van der Waals surface area contributed by atoms with Gasteiger partial charge in [0.05, 0.1) is 31.7 Å². The van der Waals surface area contributed by atoms with Gasteiger partial charge in [0.1, 0.15) is 4.88 Å². The molecule has 7 nitrogen and oxygen atoms in total. The van der Waals surface area contributed by atoms with E-state index in [2.05, 4.69) is 22.4 Å². The van der Waals surface area contributed by atoms with E-state index in [1.54, 1.807) is 20.1 Å². The number of hydrogen-bond donors (Lipinski definition) is 1. The molecule has 0 fully saturated rings. The number of rotatable bonds is 10. The average molecular weight is 391 g/mol. The number of aromatic nitrogens is 1. The molecule has 1 heterocycles. The Morgan fingerprint density at radius 2 is 2.04 bits per heavy atom. The minimum atomic E-state index is -0.367. The molecule has 0 saturated carbocycles. The predicted octanol–water partition coefficient (Wildman–Crippen LogP) is 4.26. The molecule has 2 aromatic rings. The summed E-state index contributed by atoms with van der Waals surface area (Å²) in [6.07, 6.45) is 2.59. The third-order valence-corrected chi connectivity index (χ3v) is 4.40. The fourth-order valence-corrected chi connectivity index (χ4v) is 3.01. The summed E-state index contributed by atoms with van der Waals surface area (Å²) in [6, 6.07) is 5.64. The van der Waals surface area contributed by atoms with Gasteiger partial charge in [-0.05, 0) is 51.0 Å². The van der Waals surface area contributed by atoms with E-state index in [4.69, 9.17) is 14.2 Å². The molecule has 1 aromatic carbocycles. The van der Waals surface area contributed by atoms with Crippen molar-refractivity contribution >= 4 is 28.7 Å². The van der Waals surface area contributed by atoms with Crippen molar-refractivity contribution in [2.45, 2.75) is 34.1 Å². The fraction of sp³-hybridized carbons (Fsp3) is 0.421. The molecule has 0 aliphatic carbocycles. The molecule has 0 aliphatic heterocycles. The molecule has 27 heavy (non-hydrogen) atoms. The molecule has 0 bridgehead atoms. The number of anilines is 1. The number of nitrogens with zero attached hydrogens (tertiary/aromatic N) is 2. The molecule has 1 aromatic heterocycles. The molecule has 146 valence electrons. The van der Waals surface area contributed by atoms with Gasteiger partial charge in [-0.3, -0.25) is 5.43 Å². The van der Waals surface area contributed by atoms with Crippen LogP contribution in [0, 0.1) is 6.92 Å². The number of nitrogens with one attached hydrogen (secondary N) is 1. The van der Waals surface area contributed by atoms with Crippen molar-refractivity contribution in [1.29, 1.82) is 0 Å². The zero-order chi connectivity index (χ0) is 19.6. The van der Waals surface area contributed by atoms with E-state index in [-0.39, 0.29) is 5.97 Å². The lowest BCUT2D eigenvalue weighted by molar-refractivity contribution is 0.0531. The minimum Gasteiger partial charge on any atom is -0.490 e. The second-order valence-electron chi connectivity index (χ2n) is 5.51. The van der Waals surface area contributed by atoms with Crippen LogP contribution in [-0.2, 0) is 4.74 Å². The van der Waals surface area contributed by atoms with Crippen LogP contribution in [0.1, 0.15) is 48.1 Å². The summed E-state index contributed by atoms with van der Waals surface area (Å²) < 4.78 is 16.3. The van der Waals surface area contributed by atoms with Crippen molar-refractivity contribution in [3.8, 4) is 11.5 Å². The Morgan fingerprint density at radius 1 is 1.22 bits per heavy atom. The molecule has 0 amide bonds. The molecule has 0 aliphatic rings. The molecular formula is C19H25N3O4S. The number of esters is 1. The molecule has 2 rings (SSSR count). The molecule has 0 atom stereocenters. The monoisotopic (exact) mass is 391 g/mol. The second kappa shape index (κ2) is 10.5. The fourth-order valence-electron chi connectivity index (χ4n) is 2.20. The van der Waals surface area contributed by atoms with E-state index in [0.717, 1.165) is 17.7 Å². The molecular weight excluding hydrogens is 366 g/mol. The van der Waals surface area contributed by atoms with Crippen LogP contribution in [0.3, 0.4) is 0 Å². The highest BCUT2D eigenvalue weighted by Crippen LogP contribution is 2.28. The lowest BCUT2D eigenvalue weighted by Crippen LogP contribution is -2.03. The van der Waals surface area contributed by atoms with Crippen LogP contribution in [0.15, 0.2) is 23.3 Å². The molecule has 8 heteroatoms. The summed E-state index contributed by atoms with van der Waals surface area (Å²) in [6.45, 7) is 9.04. The maximum Gasteiger partial charge on any atom is 0.350 e. The Labute approximate surface area is 163 Å². The zero-order valence-electron chi connectivity index (χ0n) is 16.1. The van der Waals surface area contributed by atoms with Gasteiger partial charge in [-0.25, -0.2) is 9.78 Å². The average Bonchev–Trinajstić information content (AvgIpc) is 3.02. The van der Waals surface area contributed by atoms with Crippen molar-refractivity contribution in [3.63, 3.8) is 0 Å². The number of thiazole rings is 1. The third kappa shape index (κ3) is 5.96. The third-order valence-electron chi connectivity index (χ3n) is 3.36. The topological polar surface area (TPSA) is 82.0 Å².